The van der Waals surface area contributed by atoms with Crippen LogP contribution in [0.3, 0.4) is 0 Å². The molecular weight excluding hydrogens is 286 g/mol. The molecule has 0 aliphatic carbocycles. The van der Waals surface area contributed by atoms with Gasteiger partial charge < -0.3 is 0 Å². The van der Waals surface area contributed by atoms with Crippen LogP contribution >= 0.6 is 11.6 Å². The number of nitriles is 1. The Bertz CT molecular complexity index is 830. The van der Waals surface area contributed by atoms with Crippen LogP contribution in [0.4, 0.5) is 0 Å². The van der Waals surface area contributed by atoms with Crippen molar-refractivity contribution in [1.82, 2.24) is 19.7 Å². The number of nitrogens with zero attached hydrogens (tertiary/aromatic N) is 5. The van der Waals surface area contributed by atoms with Crippen LogP contribution in [0, 0.1) is 11.3 Å². The van der Waals surface area contributed by atoms with Crippen molar-refractivity contribution in [1.29, 1.82) is 5.26 Å². The zero-order valence-corrected chi connectivity index (χ0v) is 11.9. The van der Waals surface area contributed by atoms with Crippen molar-refractivity contribution in [2.45, 2.75) is 0 Å². The van der Waals surface area contributed by atoms with Gasteiger partial charge in [-0.25, -0.2) is 9.97 Å². The van der Waals surface area contributed by atoms with Gasteiger partial charge >= 0.3 is 0 Å². The summed E-state index contributed by atoms with van der Waals surface area (Å²) >= 11 is 5.89. The lowest BCUT2D eigenvalue weighted by Gasteiger charge is -2.04. The van der Waals surface area contributed by atoms with Gasteiger partial charge in [-0.15, -0.1) is 0 Å². The van der Waals surface area contributed by atoms with E-state index in [0.717, 1.165) is 11.1 Å². The van der Waals surface area contributed by atoms with Gasteiger partial charge in [0, 0.05) is 29.4 Å². The molecule has 1 aromatic carbocycles. The first-order chi connectivity index (χ1) is 10.2. The van der Waals surface area contributed by atoms with E-state index in [-0.39, 0.29) is 5.69 Å². The van der Waals surface area contributed by atoms with Crippen LogP contribution in [0.15, 0.2) is 42.9 Å². The topological polar surface area (TPSA) is 67.4 Å². The first-order valence-corrected chi connectivity index (χ1v) is 6.57. The van der Waals surface area contributed by atoms with E-state index in [1.807, 2.05) is 19.2 Å². The minimum Gasteiger partial charge on any atom is -0.275 e. The molecule has 3 rings (SSSR count). The van der Waals surface area contributed by atoms with Crippen molar-refractivity contribution in [2.75, 3.05) is 0 Å². The van der Waals surface area contributed by atoms with Gasteiger partial charge in [-0.05, 0) is 12.1 Å². The summed E-state index contributed by atoms with van der Waals surface area (Å²) in [6.45, 7) is 0. The lowest BCUT2D eigenvalue weighted by atomic mass is 10.1. The summed E-state index contributed by atoms with van der Waals surface area (Å²) in [7, 11) is 1.81. The average molecular weight is 296 g/mol. The van der Waals surface area contributed by atoms with Crippen LogP contribution in [0.1, 0.15) is 5.69 Å². The fourth-order valence-corrected chi connectivity index (χ4v) is 2.10. The normalized spacial score (nSPS) is 10.3. The maximum absolute atomic E-state index is 9.19. The first kappa shape index (κ1) is 13.3. The first-order valence-electron chi connectivity index (χ1n) is 6.19. The molecule has 0 spiro atoms. The molecule has 102 valence electrons. The number of aromatic nitrogens is 4. The molecule has 0 aliphatic heterocycles. The summed E-state index contributed by atoms with van der Waals surface area (Å²) in [6.07, 6.45) is 5.05. The van der Waals surface area contributed by atoms with Gasteiger partial charge in [-0.2, -0.15) is 10.4 Å². The summed E-state index contributed by atoms with van der Waals surface area (Å²) in [5.41, 5.74) is 3.14. The molecule has 2 aromatic heterocycles. The Morgan fingerprint density at radius 1 is 1.14 bits per heavy atom. The summed E-state index contributed by atoms with van der Waals surface area (Å²) in [5.74, 6) is 0. The number of rotatable bonds is 2. The second-order valence-electron chi connectivity index (χ2n) is 4.47. The zero-order chi connectivity index (χ0) is 14.8. The number of benzene rings is 1. The molecule has 0 aliphatic rings. The Hall–Kier alpha value is -2.71. The second-order valence-corrected chi connectivity index (χ2v) is 4.91. The number of halogens is 1. The quantitative estimate of drug-likeness (QED) is 0.728. The maximum Gasteiger partial charge on any atom is 0.166 e. The van der Waals surface area contributed by atoms with E-state index < -0.39 is 0 Å². The predicted octanol–water partition coefficient (Wildman–Crippen LogP) is 3.07. The number of hydrogen-bond donors (Lipinski definition) is 0. The fraction of sp³-hybridized carbons (Fsp3) is 0.0667. The third kappa shape index (κ3) is 2.62. The van der Waals surface area contributed by atoms with E-state index in [4.69, 9.17) is 11.6 Å². The van der Waals surface area contributed by atoms with E-state index in [1.54, 1.807) is 35.4 Å². The van der Waals surface area contributed by atoms with E-state index >= 15 is 0 Å². The van der Waals surface area contributed by atoms with Crippen molar-refractivity contribution in [2.24, 2.45) is 7.05 Å². The highest BCUT2D eigenvalue weighted by atomic mass is 35.5. The standard InChI is InChI=1S/C15H10ClN5/c1-21-9-11(7-19-21)15-13(6-17)18-8-14(20-15)10-2-4-12(16)5-3-10/h2-5,7-9H,1H3. The Labute approximate surface area is 126 Å². The molecule has 0 amide bonds. The molecule has 0 atom stereocenters. The fourth-order valence-electron chi connectivity index (χ4n) is 1.98. The maximum atomic E-state index is 9.19. The van der Waals surface area contributed by atoms with Crippen LogP contribution in [0.2, 0.25) is 5.02 Å². The van der Waals surface area contributed by atoms with Gasteiger partial charge in [0.2, 0.25) is 0 Å². The third-order valence-corrected chi connectivity index (χ3v) is 3.25. The van der Waals surface area contributed by atoms with Gasteiger partial charge in [0.15, 0.2) is 5.69 Å². The monoisotopic (exact) mass is 295 g/mol. The Kier molecular flexibility index (Phi) is 3.38. The van der Waals surface area contributed by atoms with E-state index in [0.29, 0.717) is 16.4 Å². The highest BCUT2D eigenvalue weighted by Crippen LogP contribution is 2.24. The third-order valence-electron chi connectivity index (χ3n) is 3.00. The Morgan fingerprint density at radius 3 is 2.52 bits per heavy atom. The van der Waals surface area contributed by atoms with Gasteiger partial charge in [0.05, 0.1) is 18.1 Å². The predicted molar refractivity (Wildman–Crippen MR) is 79.4 cm³/mol. The van der Waals surface area contributed by atoms with Crippen LogP contribution < -0.4 is 0 Å². The SMILES string of the molecule is Cn1cc(-c2nc(-c3ccc(Cl)cc3)cnc2C#N)cn1. The lowest BCUT2D eigenvalue weighted by molar-refractivity contribution is 0.768. The highest BCUT2D eigenvalue weighted by molar-refractivity contribution is 6.30. The number of aryl methyl sites for hydroxylation is 1. The van der Waals surface area contributed by atoms with Crippen molar-refractivity contribution in [3.8, 4) is 28.6 Å². The Balaban J connectivity index is 2.13. The molecule has 3 aromatic rings. The van der Waals surface area contributed by atoms with Crippen molar-refractivity contribution in [3.63, 3.8) is 0 Å². The highest BCUT2D eigenvalue weighted by Gasteiger charge is 2.12. The minimum atomic E-state index is 0.278. The molecule has 0 N–H and O–H groups in total. The molecule has 0 fully saturated rings. The molecule has 5 nitrogen and oxygen atoms in total. The largest absolute Gasteiger partial charge is 0.275 e. The number of hydrogen-bond acceptors (Lipinski definition) is 4. The van der Waals surface area contributed by atoms with Gasteiger partial charge in [-0.3, -0.25) is 4.68 Å². The van der Waals surface area contributed by atoms with Crippen molar-refractivity contribution >= 4 is 11.6 Å². The van der Waals surface area contributed by atoms with Crippen LogP contribution in [-0.2, 0) is 7.05 Å². The van der Waals surface area contributed by atoms with E-state index in [9.17, 15) is 5.26 Å². The Morgan fingerprint density at radius 2 is 1.90 bits per heavy atom. The molecule has 21 heavy (non-hydrogen) atoms. The minimum absolute atomic E-state index is 0.278. The summed E-state index contributed by atoms with van der Waals surface area (Å²) < 4.78 is 1.66. The lowest BCUT2D eigenvalue weighted by Crippen LogP contribution is -1.95. The zero-order valence-electron chi connectivity index (χ0n) is 11.2. The molecule has 6 heteroatoms. The van der Waals surface area contributed by atoms with Gasteiger partial charge in [-0.1, -0.05) is 23.7 Å². The van der Waals surface area contributed by atoms with Crippen LogP contribution in [0.25, 0.3) is 22.5 Å². The molecule has 0 radical (unpaired) electrons. The smallest absolute Gasteiger partial charge is 0.166 e. The van der Waals surface area contributed by atoms with Crippen LogP contribution in [0.5, 0.6) is 0 Å². The summed E-state index contributed by atoms with van der Waals surface area (Å²) in [4.78, 5) is 8.73. The summed E-state index contributed by atoms with van der Waals surface area (Å²) in [6, 6.07) is 9.38. The van der Waals surface area contributed by atoms with E-state index in [2.05, 4.69) is 21.1 Å². The van der Waals surface area contributed by atoms with Gasteiger partial charge in [0.25, 0.3) is 0 Å². The van der Waals surface area contributed by atoms with Crippen LogP contribution in [-0.4, -0.2) is 19.7 Å². The molecular formula is C15H10ClN5. The molecule has 0 bridgehead atoms. The van der Waals surface area contributed by atoms with E-state index in [1.165, 1.54) is 0 Å². The second kappa shape index (κ2) is 5.35. The molecule has 0 unspecified atom stereocenters. The molecule has 2 heterocycles. The molecule has 0 saturated carbocycles. The average Bonchev–Trinajstić information content (AvgIpc) is 2.94. The molecule has 0 saturated heterocycles. The van der Waals surface area contributed by atoms with Gasteiger partial charge in [0.1, 0.15) is 11.8 Å². The van der Waals surface area contributed by atoms with Crippen molar-refractivity contribution in [3.05, 3.63) is 53.6 Å². The summed E-state index contributed by atoms with van der Waals surface area (Å²) in [5, 5.41) is 14.0. The van der Waals surface area contributed by atoms with Crippen molar-refractivity contribution < 1.29 is 0 Å².